The topological polar surface area (TPSA) is 0 Å². The quantitative estimate of drug-likeness (QED) is 0.579. The Bertz CT molecular complexity index is 312. The van der Waals surface area contributed by atoms with Crippen molar-refractivity contribution in [3.63, 3.8) is 0 Å². The molecule has 96 valence electrons. The van der Waals surface area contributed by atoms with Crippen molar-refractivity contribution in [1.29, 1.82) is 0 Å². The van der Waals surface area contributed by atoms with Gasteiger partial charge in [-0.25, -0.2) is 0 Å². The molecule has 3 atom stereocenters. The van der Waals surface area contributed by atoms with E-state index in [1.165, 1.54) is 19.3 Å². The third kappa shape index (κ3) is 3.34. The maximum Gasteiger partial charge on any atom is -0.0159 e. The number of hydrogen-bond acceptors (Lipinski definition) is 0. The maximum atomic E-state index is 2.39. The first-order valence-corrected chi connectivity index (χ1v) is 7.24. The highest BCUT2D eigenvalue weighted by Crippen LogP contribution is 2.43. The lowest BCUT2D eigenvalue weighted by atomic mass is 9.71. The van der Waals surface area contributed by atoms with Crippen molar-refractivity contribution in [2.75, 3.05) is 0 Å². The Kier molecular flexibility index (Phi) is 5.74. The fraction of sp³-hybridized carbons (Fsp3) is 0.647. The SMILES string of the molecule is CCC.CCC1CC(C)C(C)c2ccccc21. The van der Waals surface area contributed by atoms with Crippen LogP contribution in [0.4, 0.5) is 0 Å². The van der Waals surface area contributed by atoms with Crippen LogP contribution in [0.3, 0.4) is 0 Å². The number of benzene rings is 1. The van der Waals surface area contributed by atoms with Crippen LogP contribution in [0.5, 0.6) is 0 Å². The monoisotopic (exact) mass is 232 g/mol. The van der Waals surface area contributed by atoms with Crippen LogP contribution >= 0.6 is 0 Å². The summed E-state index contributed by atoms with van der Waals surface area (Å²) in [5, 5.41) is 0. The Hall–Kier alpha value is -0.780. The first kappa shape index (κ1) is 14.3. The van der Waals surface area contributed by atoms with Crippen molar-refractivity contribution >= 4 is 0 Å². The van der Waals surface area contributed by atoms with E-state index in [1.54, 1.807) is 11.1 Å². The average molecular weight is 232 g/mol. The summed E-state index contributed by atoms with van der Waals surface area (Å²) < 4.78 is 0. The summed E-state index contributed by atoms with van der Waals surface area (Å²) in [5.74, 6) is 2.39. The second-order valence-corrected chi connectivity index (χ2v) is 5.44. The summed E-state index contributed by atoms with van der Waals surface area (Å²) in [7, 11) is 0. The van der Waals surface area contributed by atoms with Crippen LogP contribution < -0.4 is 0 Å². The minimum absolute atomic E-state index is 0.744. The average Bonchev–Trinajstić information content (AvgIpc) is 2.35. The molecule has 1 aromatic carbocycles. The maximum absolute atomic E-state index is 2.39. The summed E-state index contributed by atoms with van der Waals surface area (Å²) in [4.78, 5) is 0. The minimum Gasteiger partial charge on any atom is -0.0656 e. The van der Waals surface area contributed by atoms with Gasteiger partial charge in [0.25, 0.3) is 0 Å². The Morgan fingerprint density at radius 3 is 2.06 bits per heavy atom. The zero-order valence-electron chi connectivity index (χ0n) is 12.2. The molecule has 1 aromatic rings. The van der Waals surface area contributed by atoms with Crippen LogP contribution in [0.2, 0.25) is 0 Å². The Morgan fingerprint density at radius 1 is 1.00 bits per heavy atom. The van der Waals surface area contributed by atoms with Crippen molar-refractivity contribution < 1.29 is 0 Å². The smallest absolute Gasteiger partial charge is 0.0159 e. The van der Waals surface area contributed by atoms with E-state index in [1.807, 2.05) is 0 Å². The fourth-order valence-electron chi connectivity index (χ4n) is 2.77. The van der Waals surface area contributed by atoms with Gasteiger partial charge in [0.05, 0.1) is 0 Å². The van der Waals surface area contributed by atoms with Crippen LogP contribution in [0.1, 0.15) is 76.8 Å². The van der Waals surface area contributed by atoms with Crippen molar-refractivity contribution in [1.82, 2.24) is 0 Å². The molecular formula is C17H28. The number of rotatable bonds is 1. The highest BCUT2D eigenvalue weighted by atomic mass is 14.3. The molecule has 0 N–H and O–H groups in total. The first-order valence-electron chi connectivity index (χ1n) is 7.24. The van der Waals surface area contributed by atoms with Gasteiger partial charge in [-0.15, -0.1) is 0 Å². The highest BCUT2D eigenvalue weighted by Gasteiger charge is 2.28. The van der Waals surface area contributed by atoms with Gasteiger partial charge in [0.1, 0.15) is 0 Å². The second-order valence-electron chi connectivity index (χ2n) is 5.44. The zero-order valence-corrected chi connectivity index (χ0v) is 12.2. The van der Waals surface area contributed by atoms with Crippen molar-refractivity contribution in [3.05, 3.63) is 35.4 Å². The molecule has 0 saturated heterocycles. The summed E-state index contributed by atoms with van der Waals surface area (Å²) in [6, 6.07) is 9.01. The van der Waals surface area contributed by atoms with Gasteiger partial charge < -0.3 is 0 Å². The lowest BCUT2D eigenvalue weighted by molar-refractivity contribution is 0.371. The second kappa shape index (κ2) is 6.83. The largest absolute Gasteiger partial charge is 0.0656 e. The molecule has 0 amide bonds. The third-order valence-corrected chi connectivity index (χ3v) is 3.93. The molecule has 0 radical (unpaired) electrons. The van der Waals surface area contributed by atoms with Gasteiger partial charge in [0, 0.05) is 0 Å². The Balaban J connectivity index is 0.000000437. The standard InChI is InChI=1S/C14H20.C3H8/c1-4-12-9-10(2)11(3)13-7-5-6-8-14(12)13;1-3-2/h5-8,10-12H,4,9H2,1-3H3;3H2,1-2H3. The van der Waals surface area contributed by atoms with E-state index < -0.39 is 0 Å². The van der Waals surface area contributed by atoms with E-state index in [4.69, 9.17) is 0 Å². The molecule has 2 rings (SSSR count). The highest BCUT2D eigenvalue weighted by molar-refractivity contribution is 5.35. The molecule has 3 unspecified atom stereocenters. The molecule has 0 heteroatoms. The lowest BCUT2D eigenvalue weighted by Crippen LogP contribution is -2.19. The summed E-state index contributed by atoms with van der Waals surface area (Å²) in [6.07, 6.45) is 3.91. The first-order chi connectivity index (χ1) is 8.15. The molecule has 17 heavy (non-hydrogen) atoms. The lowest BCUT2D eigenvalue weighted by Gasteiger charge is -2.34. The van der Waals surface area contributed by atoms with Crippen molar-refractivity contribution in [3.8, 4) is 0 Å². The molecule has 0 aromatic heterocycles. The normalized spacial score (nSPS) is 26.8. The van der Waals surface area contributed by atoms with Crippen LogP contribution in [0, 0.1) is 5.92 Å². The van der Waals surface area contributed by atoms with Crippen molar-refractivity contribution in [2.24, 2.45) is 5.92 Å². The van der Waals surface area contributed by atoms with Gasteiger partial charge in [-0.2, -0.15) is 0 Å². The van der Waals surface area contributed by atoms with Gasteiger partial charge in [0.15, 0.2) is 0 Å². The van der Waals surface area contributed by atoms with Crippen LogP contribution in [-0.2, 0) is 0 Å². The number of hydrogen-bond donors (Lipinski definition) is 0. The molecular weight excluding hydrogens is 204 g/mol. The van der Waals surface area contributed by atoms with E-state index in [0.717, 1.165) is 17.8 Å². The van der Waals surface area contributed by atoms with Crippen LogP contribution in [-0.4, -0.2) is 0 Å². The van der Waals surface area contributed by atoms with Gasteiger partial charge in [-0.05, 0) is 41.7 Å². The fourth-order valence-corrected chi connectivity index (χ4v) is 2.77. The van der Waals surface area contributed by atoms with Gasteiger partial charge in [0.2, 0.25) is 0 Å². The Labute approximate surface area is 107 Å². The van der Waals surface area contributed by atoms with Gasteiger partial charge in [-0.1, -0.05) is 65.3 Å². The zero-order chi connectivity index (χ0) is 12.8. The summed E-state index contributed by atoms with van der Waals surface area (Å²) in [6.45, 7) is 11.3. The molecule has 0 heterocycles. The molecule has 0 bridgehead atoms. The van der Waals surface area contributed by atoms with E-state index in [-0.39, 0.29) is 0 Å². The van der Waals surface area contributed by atoms with Gasteiger partial charge in [-0.3, -0.25) is 0 Å². The van der Waals surface area contributed by atoms with Crippen LogP contribution in [0.25, 0.3) is 0 Å². The number of fused-ring (bicyclic) bond motifs is 1. The van der Waals surface area contributed by atoms with Gasteiger partial charge >= 0.3 is 0 Å². The van der Waals surface area contributed by atoms with E-state index >= 15 is 0 Å². The predicted octanol–water partition coefficient (Wildman–Crippen LogP) is 5.74. The molecule has 0 fully saturated rings. The van der Waals surface area contributed by atoms with E-state index in [9.17, 15) is 0 Å². The molecule has 1 aliphatic rings. The summed E-state index contributed by atoms with van der Waals surface area (Å²) >= 11 is 0. The molecule has 0 aliphatic heterocycles. The van der Waals surface area contributed by atoms with E-state index in [2.05, 4.69) is 58.9 Å². The van der Waals surface area contributed by atoms with Crippen LogP contribution in [0.15, 0.2) is 24.3 Å². The predicted molar refractivity (Wildman–Crippen MR) is 77.6 cm³/mol. The van der Waals surface area contributed by atoms with E-state index in [0.29, 0.717) is 0 Å². The minimum atomic E-state index is 0.744. The molecule has 0 spiro atoms. The third-order valence-electron chi connectivity index (χ3n) is 3.93. The summed E-state index contributed by atoms with van der Waals surface area (Å²) in [5.41, 5.74) is 3.21. The van der Waals surface area contributed by atoms with Crippen molar-refractivity contribution in [2.45, 2.75) is 65.7 Å². The molecule has 1 aliphatic carbocycles. The molecule has 0 nitrogen and oxygen atoms in total. The Morgan fingerprint density at radius 2 is 1.53 bits per heavy atom. The molecule has 0 saturated carbocycles.